The maximum atomic E-state index is 12.9. The van der Waals surface area contributed by atoms with E-state index in [1.807, 2.05) is 58.3 Å². The number of hydrogen-bond acceptors (Lipinski definition) is 5. The van der Waals surface area contributed by atoms with E-state index in [1.54, 1.807) is 18.2 Å². The van der Waals surface area contributed by atoms with Crippen LogP contribution in [0.1, 0.15) is 29.9 Å². The Labute approximate surface area is 182 Å². The minimum absolute atomic E-state index is 0.175. The fourth-order valence-corrected chi connectivity index (χ4v) is 3.19. The lowest BCUT2D eigenvalue weighted by molar-refractivity contribution is 0.0945. The number of fused-ring (bicyclic) bond motifs is 1. The van der Waals surface area contributed by atoms with E-state index < -0.39 is 0 Å². The number of carbonyl (C=O) groups excluding carboxylic acids is 1. The number of aromatic nitrogens is 2. The van der Waals surface area contributed by atoms with Gasteiger partial charge in [-0.1, -0.05) is 44.2 Å². The van der Waals surface area contributed by atoms with Crippen LogP contribution in [0.3, 0.4) is 0 Å². The van der Waals surface area contributed by atoms with Gasteiger partial charge in [0, 0.05) is 25.0 Å². The summed E-state index contributed by atoms with van der Waals surface area (Å²) in [6.45, 7) is 6.30. The van der Waals surface area contributed by atoms with Gasteiger partial charge in [0.05, 0.1) is 5.39 Å². The standard InChI is InChI=1S/C24H30N4O3/c1-17(2)16-28-24(30)21-8-6-5-7-20(21)22(26-28)23(29)25-15-18-9-11-19(12-10-18)31-14-13-27(3)4/h5-12,17H,13-16H2,1-4H3,(H,25,29). The van der Waals surface area contributed by atoms with E-state index >= 15 is 0 Å². The van der Waals surface area contributed by atoms with E-state index in [1.165, 1.54) is 4.68 Å². The number of benzene rings is 2. The van der Waals surface area contributed by atoms with Crippen molar-refractivity contribution in [1.29, 1.82) is 0 Å². The van der Waals surface area contributed by atoms with E-state index in [0.717, 1.165) is 17.9 Å². The van der Waals surface area contributed by atoms with Crippen LogP contribution in [0.15, 0.2) is 53.3 Å². The molecule has 3 aromatic rings. The van der Waals surface area contributed by atoms with E-state index in [9.17, 15) is 9.59 Å². The molecule has 0 aliphatic heterocycles. The average Bonchev–Trinajstić information content (AvgIpc) is 2.74. The molecule has 0 radical (unpaired) electrons. The van der Waals surface area contributed by atoms with Crippen molar-refractivity contribution < 1.29 is 9.53 Å². The zero-order valence-corrected chi connectivity index (χ0v) is 18.6. The smallest absolute Gasteiger partial charge is 0.274 e. The quantitative estimate of drug-likeness (QED) is 0.574. The summed E-state index contributed by atoms with van der Waals surface area (Å²) in [6, 6.07) is 14.8. The molecule has 7 heteroatoms. The first kappa shape index (κ1) is 22.5. The van der Waals surface area contributed by atoms with Gasteiger partial charge in [-0.2, -0.15) is 5.10 Å². The van der Waals surface area contributed by atoms with Crippen molar-refractivity contribution in [2.45, 2.75) is 26.9 Å². The number of nitrogens with zero attached hydrogens (tertiary/aromatic N) is 3. The van der Waals surface area contributed by atoms with Gasteiger partial charge in [-0.25, -0.2) is 4.68 Å². The van der Waals surface area contributed by atoms with E-state index in [2.05, 4.69) is 15.3 Å². The van der Waals surface area contributed by atoms with Crippen LogP contribution in [0, 0.1) is 5.92 Å². The molecule has 3 rings (SSSR count). The number of rotatable bonds is 9. The number of likely N-dealkylation sites (N-methyl/N-ethyl adjacent to an activating group) is 1. The molecule has 0 fully saturated rings. The molecule has 164 valence electrons. The molecule has 1 aromatic heterocycles. The summed E-state index contributed by atoms with van der Waals surface area (Å²) in [5, 5.41) is 8.37. The molecular formula is C24H30N4O3. The van der Waals surface area contributed by atoms with Crippen LogP contribution in [0.2, 0.25) is 0 Å². The highest BCUT2D eigenvalue weighted by atomic mass is 16.5. The Kier molecular flexibility index (Phi) is 7.41. The molecule has 0 aliphatic carbocycles. The largest absolute Gasteiger partial charge is 0.492 e. The second kappa shape index (κ2) is 10.2. The summed E-state index contributed by atoms with van der Waals surface area (Å²) < 4.78 is 7.09. The highest BCUT2D eigenvalue weighted by molar-refractivity contribution is 6.04. The van der Waals surface area contributed by atoms with Crippen molar-refractivity contribution in [3.8, 4) is 5.75 Å². The maximum Gasteiger partial charge on any atom is 0.274 e. The summed E-state index contributed by atoms with van der Waals surface area (Å²) >= 11 is 0. The number of amides is 1. The molecule has 0 saturated carbocycles. The molecule has 1 N–H and O–H groups in total. The first-order chi connectivity index (χ1) is 14.8. The molecule has 0 spiro atoms. The summed E-state index contributed by atoms with van der Waals surface area (Å²) in [7, 11) is 4.00. The van der Waals surface area contributed by atoms with Crippen LogP contribution >= 0.6 is 0 Å². The lowest BCUT2D eigenvalue weighted by Crippen LogP contribution is -2.31. The van der Waals surface area contributed by atoms with Gasteiger partial charge in [0.2, 0.25) is 0 Å². The molecule has 7 nitrogen and oxygen atoms in total. The predicted octanol–water partition coefficient (Wildman–Crippen LogP) is 2.92. The first-order valence-corrected chi connectivity index (χ1v) is 10.5. The van der Waals surface area contributed by atoms with Crippen molar-refractivity contribution in [2.24, 2.45) is 5.92 Å². The van der Waals surface area contributed by atoms with Gasteiger partial charge >= 0.3 is 0 Å². The van der Waals surface area contributed by atoms with Crippen molar-refractivity contribution in [3.63, 3.8) is 0 Å². The Morgan fingerprint density at radius 2 is 1.77 bits per heavy atom. The molecule has 0 bridgehead atoms. The molecule has 1 amide bonds. The second-order valence-electron chi connectivity index (χ2n) is 8.25. The van der Waals surface area contributed by atoms with Gasteiger partial charge in [0.1, 0.15) is 12.4 Å². The Bertz CT molecular complexity index is 1090. The molecule has 0 unspecified atom stereocenters. The Morgan fingerprint density at radius 1 is 1.10 bits per heavy atom. The first-order valence-electron chi connectivity index (χ1n) is 10.5. The molecule has 2 aromatic carbocycles. The fourth-order valence-electron chi connectivity index (χ4n) is 3.19. The van der Waals surface area contributed by atoms with Crippen LogP contribution in [-0.2, 0) is 13.1 Å². The fraction of sp³-hybridized carbons (Fsp3) is 0.375. The highest BCUT2D eigenvalue weighted by Gasteiger charge is 2.17. The second-order valence-corrected chi connectivity index (χ2v) is 8.25. The van der Waals surface area contributed by atoms with Gasteiger partial charge in [0.15, 0.2) is 5.69 Å². The molecular weight excluding hydrogens is 392 g/mol. The monoisotopic (exact) mass is 422 g/mol. The number of nitrogens with one attached hydrogen (secondary N) is 1. The number of hydrogen-bond donors (Lipinski definition) is 1. The minimum Gasteiger partial charge on any atom is -0.492 e. The van der Waals surface area contributed by atoms with E-state index in [-0.39, 0.29) is 23.1 Å². The summed E-state index contributed by atoms with van der Waals surface area (Å²) in [5.74, 6) is 0.728. The highest BCUT2D eigenvalue weighted by Crippen LogP contribution is 2.15. The Hall–Kier alpha value is -3.19. The normalized spacial score (nSPS) is 11.3. The van der Waals surface area contributed by atoms with Gasteiger partial charge in [-0.15, -0.1) is 0 Å². The third-order valence-corrected chi connectivity index (χ3v) is 4.80. The van der Waals surface area contributed by atoms with Crippen molar-refractivity contribution >= 4 is 16.7 Å². The Balaban J connectivity index is 1.73. The average molecular weight is 423 g/mol. The lowest BCUT2D eigenvalue weighted by Gasteiger charge is -2.13. The van der Waals surface area contributed by atoms with Crippen LogP contribution in [0.25, 0.3) is 10.8 Å². The topological polar surface area (TPSA) is 76.5 Å². The van der Waals surface area contributed by atoms with Gasteiger partial charge in [-0.05, 0) is 43.8 Å². The van der Waals surface area contributed by atoms with Crippen molar-refractivity contribution in [3.05, 3.63) is 70.1 Å². The van der Waals surface area contributed by atoms with Crippen LogP contribution < -0.4 is 15.6 Å². The number of ether oxygens (including phenoxy) is 1. The zero-order chi connectivity index (χ0) is 22.4. The van der Waals surface area contributed by atoms with Gasteiger partial charge in [-0.3, -0.25) is 9.59 Å². The molecule has 0 saturated heterocycles. The minimum atomic E-state index is -0.306. The van der Waals surface area contributed by atoms with E-state index in [0.29, 0.717) is 30.5 Å². The van der Waals surface area contributed by atoms with E-state index in [4.69, 9.17) is 4.74 Å². The van der Waals surface area contributed by atoms with Crippen LogP contribution in [-0.4, -0.2) is 47.8 Å². The van der Waals surface area contributed by atoms with Crippen LogP contribution in [0.5, 0.6) is 5.75 Å². The molecule has 0 aliphatic rings. The SMILES string of the molecule is CC(C)Cn1nc(C(=O)NCc2ccc(OCCN(C)C)cc2)c2ccccc2c1=O. The van der Waals surface area contributed by atoms with Crippen molar-refractivity contribution in [1.82, 2.24) is 20.0 Å². The molecule has 0 atom stereocenters. The number of carbonyl (C=O) groups is 1. The predicted molar refractivity (Wildman–Crippen MR) is 123 cm³/mol. The summed E-state index contributed by atoms with van der Waals surface area (Å²) in [5.41, 5.74) is 1.04. The molecule has 1 heterocycles. The van der Waals surface area contributed by atoms with Crippen LogP contribution in [0.4, 0.5) is 0 Å². The third-order valence-electron chi connectivity index (χ3n) is 4.80. The Morgan fingerprint density at radius 3 is 2.42 bits per heavy atom. The zero-order valence-electron chi connectivity index (χ0n) is 18.6. The van der Waals surface area contributed by atoms with Gasteiger partial charge in [0.25, 0.3) is 11.5 Å². The lowest BCUT2D eigenvalue weighted by atomic mass is 10.1. The summed E-state index contributed by atoms with van der Waals surface area (Å²) in [6.07, 6.45) is 0. The maximum absolute atomic E-state index is 12.9. The molecule has 31 heavy (non-hydrogen) atoms. The van der Waals surface area contributed by atoms with Crippen molar-refractivity contribution in [2.75, 3.05) is 27.2 Å². The summed E-state index contributed by atoms with van der Waals surface area (Å²) in [4.78, 5) is 27.7. The third kappa shape index (κ3) is 5.92. The van der Waals surface area contributed by atoms with Gasteiger partial charge < -0.3 is 15.0 Å².